The van der Waals surface area contributed by atoms with Crippen LogP contribution >= 0.6 is 0 Å². The smallest absolute Gasteiger partial charge is 0.154 e. The quantitative estimate of drug-likeness (QED) is 0.640. The monoisotopic (exact) mass is 152 g/mol. The summed E-state index contributed by atoms with van der Waals surface area (Å²) in [7, 11) is 0. The van der Waals surface area contributed by atoms with E-state index in [1.165, 1.54) is 0 Å². The fraction of sp³-hybridized carbons (Fsp3) is 0.571. The molecule has 0 aliphatic heterocycles. The fourth-order valence-electron chi connectivity index (χ4n) is 0.951. The highest BCUT2D eigenvalue weighted by Crippen LogP contribution is 2.04. The Balaban J connectivity index is 2.74. The minimum Gasteiger partial charge on any atom is -0.356 e. The first-order chi connectivity index (χ1) is 5.38. The maximum absolute atomic E-state index is 3.89. The molecular formula is C7H12N4. The van der Waals surface area contributed by atoms with E-state index in [-0.39, 0.29) is 0 Å². The summed E-state index contributed by atoms with van der Waals surface area (Å²) in [5.74, 6) is 0.894. The highest BCUT2D eigenvalue weighted by molar-refractivity contribution is 5.34. The number of hydrogen-bond acceptors (Lipinski definition) is 4. The zero-order valence-corrected chi connectivity index (χ0v) is 6.86. The SMILES string of the molecule is CCN(CC)c1ccnnn1. The molecule has 1 aromatic rings. The number of nitrogens with zero attached hydrogens (tertiary/aromatic N) is 4. The number of aromatic nitrogens is 3. The normalized spacial score (nSPS) is 9.64. The summed E-state index contributed by atoms with van der Waals surface area (Å²) in [6.07, 6.45) is 1.65. The Morgan fingerprint density at radius 3 is 2.55 bits per heavy atom. The first kappa shape index (κ1) is 7.91. The highest BCUT2D eigenvalue weighted by atomic mass is 15.4. The molecule has 0 radical (unpaired) electrons. The van der Waals surface area contributed by atoms with E-state index < -0.39 is 0 Å². The molecule has 0 saturated heterocycles. The van der Waals surface area contributed by atoms with Gasteiger partial charge in [0.15, 0.2) is 5.82 Å². The molecule has 0 unspecified atom stereocenters. The van der Waals surface area contributed by atoms with Gasteiger partial charge >= 0.3 is 0 Å². The maximum atomic E-state index is 3.89. The molecule has 0 aliphatic rings. The third-order valence-corrected chi connectivity index (χ3v) is 1.58. The van der Waals surface area contributed by atoms with Gasteiger partial charge in [-0.1, -0.05) is 0 Å². The van der Waals surface area contributed by atoms with Crippen molar-refractivity contribution in [3.05, 3.63) is 12.3 Å². The van der Waals surface area contributed by atoms with E-state index >= 15 is 0 Å². The third-order valence-electron chi connectivity index (χ3n) is 1.58. The molecule has 1 heterocycles. The lowest BCUT2D eigenvalue weighted by atomic mass is 10.5. The number of rotatable bonds is 3. The summed E-state index contributed by atoms with van der Waals surface area (Å²) in [6.45, 7) is 6.08. The summed E-state index contributed by atoms with van der Waals surface area (Å²) >= 11 is 0. The van der Waals surface area contributed by atoms with Gasteiger partial charge in [0.1, 0.15) is 0 Å². The minimum absolute atomic E-state index is 0.894. The Morgan fingerprint density at radius 2 is 2.09 bits per heavy atom. The van der Waals surface area contributed by atoms with Crippen LogP contribution in [0.4, 0.5) is 5.82 Å². The van der Waals surface area contributed by atoms with E-state index in [0.717, 1.165) is 18.9 Å². The third kappa shape index (κ3) is 1.86. The standard InChI is InChI=1S/C7H12N4/c1-3-11(4-2)7-5-6-8-10-9-7/h5-6H,3-4H2,1-2H3. The predicted molar refractivity (Wildman–Crippen MR) is 43.4 cm³/mol. The van der Waals surface area contributed by atoms with Crippen molar-refractivity contribution >= 4 is 5.82 Å². The molecule has 0 atom stereocenters. The van der Waals surface area contributed by atoms with E-state index in [0.29, 0.717) is 0 Å². The molecule has 11 heavy (non-hydrogen) atoms. The number of anilines is 1. The maximum Gasteiger partial charge on any atom is 0.154 e. The van der Waals surface area contributed by atoms with Gasteiger partial charge in [-0.05, 0) is 19.1 Å². The van der Waals surface area contributed by atoms with Crippen molar-refractivity contribution in [2.75, 3.05) is 18.0 Å². The Labute approximate surface area is 66.2 Å². The Bertz CT molecular complexity index is 195. The second-order valence-electron chi connectivity index (χ2n) is 2.15. The largest absolute Gasteiger partial charge is 0.356 e. The van der Waals surface area contributed by atoms with Crippen LogP contribution in [0, 0.1) is 0 Å². The summed E-state index contributed by atoms with van der Waals surface area (Å²) in [6, 6.07) is 1.86. The van der Waals surface area contributed by atoms with Crippen LogP contribution in [0.3, 0.4) is 0 Å². The van der Waals surface area contributed by atoms with E-state index in [4.69, 9.17) is 0 Å². The second kappa shape index (κ2) is 3.85. The molecule has 60 valence electrons. The molecule has 1 rings (SSSR count). The van der Waals surface area contributed by atoms with Gasteiger partial charge in [-0.2, -0.15) is 0 Å². The number of hydrogen-bond donors (Lipinski definition) is 0. The predicted octanol–water partition coefficient (Wildman–Crippen LogP) is 0.718. The van der Waals surface area contributed by atoms with Gasteiger partial charge in [-0.25, -0.2) is 0 Å². The summed E-state index contributed by atoms with van der Waals surface area (Å²) in [4.78, 5) is 2.12. The van der Waals surface area contributed by atoms with Crippen molar-refractivity contribution in [2.45, 2.75) is 13.8 Å². The van der Waals surface area contributed by atoms with Gasteiger partial charge in [-0.3, -0.25) is 0 Å². The topological polar surface area (TPSA) is 41.9 Å². The average Bonchev–Trinajstić information content (AvgIpc) is 2.09. The molecule has 0 bridgehead atoms. The van der Waals surface area contributed by atoms with Crippen LogP contribution in [0.15, 0.2) is 12.3 Å². The van der Waals surface area contributed by atoms with Gasteiger partial charge in [0.2, 0.25) is 0 Å². The average molecular weight is 152 g/mol. The molecule has 0 aliphatic carbocycles. The van der Waals surface area contributed by atoms with Crippen LogP contribution < -0.4 is 4.90 Å². The van der Waals surface area contributed by atoms with Crippen LogP contribution in [0.1, 0.15) is 13.8 Å². The van der Waals surface area contributed by atoms with Gasteiger partial charge in [0, 0.05) is 19.2 Å². The van der Waals surface area contributed by atoms with Crippen LogP contribution in [-0.4, -0.2) is 28.5 Å². The van der Waals surface area contributed by atoms with Crippen LogP contribution in [0.25, 0.3) is 0 Å². The molecule has 4 nitrogen and oxygen atoms in total. The molecule has 1 aromatic heterocycles. The molecule has 0 spiro atoms. The molecule has 0 saturated carbocycles. The van der Waals surface area contributed by atoms with E-state index in [9.17, 15) is 0 Å². The zero-order chi connectivity index (χ0) is 8.10. The van der Waals surface area contributed by atoms with E-state index in [2.05, 4.69) is 34.2 Å². The summed E-state index contributed by atoms with van der Waals surface area (Å²) in [5.41, 5.74) is 0. The highest BCUT2D eigenvalue weighted by Gasteiger charge is 2.00. The van der Waals surface area contributed by atoms with Gasteiger partial charge in [0.05, 0.1) is 6.20 Å². The first-order valence-corrected chi connectivity index (χ1v) is 3.77. The Morgan fingerprint density at radius 1 is 1.36 bits per heavy atom. The van der Waals surface area contributed by atoms with Gasteiger partial charge in [-0.15, -0.1) is 10.2 Å². The van der Waals surface area contributed by atoms with Crippen LogP contribution in [0.5, 0.6) is 0 Å². The molecule has 0 fully saturated rings. The fourth-order valence-corrected chi connectivity index (χ4v) is 0.951. The van der Waals surface area contributed by atoms with Crippen molar-refractivity contribution in [2.24, 2.45) is 0 Å². The van der Waals surface area contributed by atoms with E-state index in [1.807, 2.05) is 6.07 Å². The zero-order valence-electron chi connectivity index (χ0n) is 6.86. The van der Waals surface area contributed by atoms with Crippen LogP contribution in [0.2, 0.25) is 0 Å². The van der Waals surface area contributed by atoms with Gasteiger partial charge < -0.3 is 4.90 Å². The van der Waals surface area contributed by atoms with Gasteiger partial charge in [0.25, 0.3) is 0 Å². The molecular weight excluding hydrogens is 140 g/mol. The van der Waals surface area contributed by atoms with Crippen molar-refractivity contribution in [3.8, 4) is 0 Å². The summed E-state index contributed by atoms with van der Waals surface area (Å²) in [5, 5.41) is 11.1. The lowest BCUT2D eigenvalue weighted by Gasteiger charge is -2.17. The second-order valence-corrected chi connectivity index (χ2v) is 2.15. The lowest BCUT2D eigenvalue weighted by Crippen LogP contribution is -2.23. The van der Waals surface area contributed by atoms with Crippen molar-refractivity contribution in [1.29, 1.82) is 0 Å². The molecule has 4 heteroatoms. The van der Waals surface area contributed by atoms with Crippen molar-refractivity contribution < 1.29 is 0 Å². The Kier molecular flexibility index (Phi) is 2.77. The van der Waals surface area contributed by atoms with Crippen molar-refractivity contribution in [1.82, 2.24) is 15.4 Å². The lowest BCUT2D eigenvalue weighted by molar-refractivity contribution is 0.787. The molecule has 0 aromatic carbocycles. The molecule has 0 amide bonds. The molecule has 0 N–H and O–H groups in total. The minimum atomic E-state index is 0.894. The van der Waals surface area contributed by atoms with Crippen LogP contribution in [-0.2, 0) is 0 Å². The first-order valence-electron chi connectivity index (χ1n) is 3.77. The van der Waals surface area contributed by atoms with Crippen molar-refractivity contribution in [3.63, 3.8) is 0 Å². The summed E-state index contributed by atoms with van der Waals surface area (Å²) < 4.78 is 0. The Hall–Kier alpha value is -1.19. The van der Waals surface area contributed by atoms with E-state index in [1.54, 1.807) is 6.20 Å².